The molecule has 0 saturated carbocycles. The first-order chi connectivity index (χ1) is 13.7. The molecule has 1 N–H and O–H groups in total. The smallest absolute Gasteiger partial charge is 0.220 e. The van der Waals surface area contributed by atoms with Crippen molar-refractivity contribution in [3.63, 3.8) is 0 Å². The second-order valence-corrected chi connectivity index (χ2v) is 11.0. The molecule has 3 nitrogen and oxygen atoms in total. The first-order valence-corrected chi connectivity index (χ1v) is 13.0. The second-order valence-electron chi connectivity index (χ2n) is 8.10. The number of hydrogen-bond donors (Lipinski definition) is 1. The number of unbranched alkanes of at least 4 members (excludes halogenated alkanes) is 1. The van der Waals surface area contributed by atoms with Crippen molar-refractivity contribution in [3.05, 3.63) is 35.4 Å². The molecule has 0 bridgehead atoms. The lowest BCUT2D eigenvalue weighted by atomic mass is 10.1. The molecule has 0 spiro atoms. The minimum Gasteiger partial charge on any atom is -0.355 e. The average Bonchev–Trinajstić information content (AvgIpc) is 2.73. The highest BCUT2D eigenvalue weighted by atomic mass is 32.2. The van der Waals surface area contributed by atoms with Crippen LogP contribution in [-0.2, 0) is 4.79 Å². The predicted molar refractivity (Wildman–Crippen MR) is 124 cm³/mol. The first-order valence-electron chi connectivity index (χ1n) is 11.0. The van der Waals surface area contributed by atoms with Gasteiger partial charge in [-0.2, -0.15) is 0 Å². The van der Waals surface area contributed by atoms with Crippen LogP contribution < -0.4 is 5.32 Å². The number of nitrogens with zero attached hydrogens (tertiary/aromatic N) is 1. The van der Waals surface area contributed by atoms with Crippen LogP contribution in [0.25, 0.3) is 0 Å². The van der Waals surface area contributed by atoms with E-state index in [1.807, 2.05) is 0 Å². The third-order valence-electron chi connectivity index (χ3n) is 5.85. The topological polar surface area (TPSA) is 32.3 Å². The van der Waals surface area contributed by atoms with E-state index in [2.05, 4.69) is 64.9 Å². The van der Waals surface area contributed by atoms with E-state index in [-0.39, 0.29) is 5.91 Å². The molecule has 0 aliphatic carbocycles. The van der Waals surface area contributed by atoms with E-state index in [0.717, 1.165) is 24.8 Å². The zero-order chi connectivity index (χ0) is 19.6. The molecule has 28 heavy (non-hydrogen) atoms. The number of likely N-dealkylation sites (tertiary alicyclic amines) is 1. The maximum absolute atomic E-state index is 12.1. The van der Waals surface area contributed by atoms with E-state index in [1.165, 1.54) is 68.5 Å². The summed E-state index contributed by atoms with van der Waals surface area (Å²) in [5, 5.41) is 3.86. The lowest BCUT2D eigenvalue weighted by Gasteiger charge is -2.29. The molecule has 5 heteroatoms. The van der Waals surface area contributed by atoms with Crippen LogP contribution in [0.5, 0.6) is 0 Å². The number of piperidine rings is 1. The monoisotopic (exact) mass is 420 g/mol. The lowest BCUT2D eigenvalue weighted by molar-refractivity contribution is -0.121. The molecular weight excluding hydrogens is 384 g/mol. The van der Waals surface area contributed by atoms with Gasteiger partial charge in [0.1, 0.15) is 0 Å². The Bertz CT molecular complexity index is 604. The van der Waals surface area contributed by atoms with Crippen LogP contribution in [0.3, 0.4) is 0 Å². The fourth-order valence-electron chi connectivity index (χ4n) is 4.10. The molecule has 2 aliphatic heterocycles. The number of thioether (sulfide) groups is 2. The molecular formula is C23H36N2OS2. The van der Waals surface area contributed by atoms with E-state index < -0.39 is 0 Å². The number of nitrogens with one attached hydrogen (secondary N) is 1. The number of carbonyl (C=O) groups is 1. The minimum absolute atomic E-state index is 0.238. The first kappa shape index (κ1) is 22.0. The quantitative estimate of drug-likeness (QED) is 0.543. The normalized spacial score (nSPS) is 23.5. The third kappa shape index (κ3) is 7.31. The summed E-state index contributed by atoms with van der Waals surface area (Å²) in [6.07, 6.45) is 9.43. The highest BCUT2D eigenvalue weighted by molar-refractivity contribution is 8.17. The van der Waals surface area contributed by atoms with Crippen molar-refractivity contribution in [2.24, 2.45) is 0 Å². The van der Waals surface area contributed by atoms with Crippen molar-refractivity contribution in [1.29, 1.82) is 0 Å². The molecule has 1 aromatic rings. The molecule has 156 valence electrons. The summed E-state index contributed by atoms with van der Waals surface area (Å²) >= 11 is 4.24. The van der Waals surface area contributed by atoms with E-state index in [4.69, 9.17) is 0 Å². The number of benzene rings is 1. The molecule has 0 aromatic heterocycles. The zero-order valence-electron chi connectivity index (χ0n) is 17.3. The predicted octanol–water partition coefficient (Wildman–Crippen LogP) is 5.39. The van der Waals surface area contributed by atoms with Gasteiger partial charge >= 0.3 is 0 Å². The van der Waals surface area contributed by atoms with Crippen LogP contribution in [-0.4, -0.2) is 48.0 Å². The van der Waals surface area contributed by atoms with Crippen LogP contribution in [0.1, 0.15) is 67.1 Å². The molecule has 2 aliphatic rings. The molecule has 2 atom stereocenters. The fraction of sp³-hybridized carbons (Fsp3) is 0.696. The van der Waals surface area contributed by atoms with Crippen LogP contribution in [0.2, 0.25) is 0 Å². The Labute approximate surface area is 179 Å². The molecule has 1 amide bonds. The summed E-state index contributed by atoms with van der Waals surface area (Å²) in [6.45, 7) is 6.46. The van der Waals surface area contributed by atoms with Crippen LogP contribution >= 0.6 is 23.5 Å². The second kappa shape index (κ2) is 12.1. The van der Waals surface area contributed by atoms with E-state index in [1.54, 1.807) is 0 Å². The summed E-state index contributed by atoms with van der Waals surface area (Å²) in [6, 6.07) is 8.81. The molecule has 3 rings (SSSR count). The Morgan fingerprint density at radius 3 is 2.82 bits per heavy atom. The average molecular weight is 421 g/mol. The van der Waals surface area contributed by atoms with E-state index in [9.17, 15) is 4.79 Å². The lowest BCUT2D eigenvalue weighted by Crippen LogP contribution is -2.37. The van der Waals surface area contributed by atoms with Gasteiger partial charge in [0.25, 0.3) is 0 Å². The summed E-state index contributed by atoms with van der Waals surface area (Å²) in [5.41, 5.74) is 2.91. The highest BCUT2D eigenvalue weighted by Gasteiger charge is 2.24. The summed E-state index contributed by atoms with van der Waals surface area (Å²) in [5.74, 6) is 1.50. The van der Waals surface area contributed by atoms with Crippen molar-refractivity contribution >= 4 is 29.4 Å². The van der Waals surface area contributed by atoms with Gasteiger partial charge < -0.3 is 10.2 Å². The van der Waals surface area contributed by atoms with E-state index >= 15 is 0 Å². The van der Waals surface area contributed by atoms with Gasteiger partial charge in [-0.05, 0) is 69.0 Å². The van der Waals surface area contributed by atoms with Gasteiger partial charge in [0, 0.05) is 24.8 Å². The Morgan fingerprint density at radius 1 is 1.18 bits per heavy atom. The minimum atomic E-state index is 0.238. The number of rotatable bonds is 9. The van der Waals surface area contributed by atoms with E-state index in [0.29, 0.717) is 11.0 Å². The standard InChI is InChI=1S/C23H36N2OS2/c1-19-9-3-5-11-21(19)23-27-18-13-20(28-23)10-4-6-12-22(26)24-14-17-25-15-7-2-8-16-25/h3,5,9,11,20,23H,2,4,6-8,10,12-18H2,1H3,(H,24,26). The maximum atomic E-state index is 12.1. The summed E-state index contributed by atoms with van der Waals surface area (Å²) < 4.78 is 0.582. The number of amides is 1. The Morgan fingerprint density at radius 2 is 2.00 bits per heavy atom. The number of aryl methyl sites for hydroxylation is 1. The van der Waals surface area contributed by atoms with Gasteiger partial charge in [0.2, 0.25) is 5.91 Å². The summed E-state index contributed by atoms with van der Waals surface area (Å²) in [4.78, 5) is 14.6. The number of carbonyl (C=O) groups excluding carboxylic acids is 1. The molecule has 0 radical (unpaired) electrons. The van der Waals surface area contributed by atoms with Gasteiger partial charge in [-0.15, -0.1) is 23.5 Å². The van der Waals surface area contributed by atoms with Gasteiger partial charge in [0.05, 0.1) is 4.58 Å². The SMILES string of the molecule is Cc1ccccc1C1SCCC(CCCCC(=O)NCCN2CCCCC2)S1. The number of hydrogen-bond acceptors (Lipinski definition) is 4. The van der Waals surface area contributed by atoms with Crippen LogP contribution in [0.15, 0.2) is 24.3 Å². The Hall–Kier alpha value is -0.650. The van der Waals surface area contributed by atoms with Crippen molar-refractivity contribution in [3.8, 4) is 0 Å². The summed E-state index contributed by atoms with van der Waals surface area (Å²) in [7, 11) is 0. The van der Waals surface area contributed by atoms with Gasteiger partial charge in [-0.25, -0.2) is 0 Å². The van der Waals surface area contributed by atoms with Crippen LogP contribution in [0, 0.1) is 6.92 Å². The van der Waals surface area contributed by atoms with Gasteiger partial charge in [-0.3, -0.25) is 4.79 Å². The van der Waals surface area contributed by atoms with Gasteiger partial charge in [0.15, 0.2) is 0 Å². The van der Waals surface area contributed by atoms with Gasteiger partial charge in [-0.1, -0.05) is 37.1 Å². The molecule has 2 heterocycles. The third-order valence-corrected chi connectivity index (χ3v) is 8.97. The zero-order valence-corrected chi connectivity index (χ0v) is 19.0. The molecule has 2 saturated heterocycles. The van der Waals surface area contributed by atoms with Crippen molar-refractivity contribution in [1.82, 2.24) is 10.2 Å². The Kier molecular flexibility index (Phi) is 9.56. The van der Waals surface area contributed by atoms with Crippen molar-refractivity contribution in [2.45, 2.75) is 68.1 Å². The van der Waals surface area contributed by atoms with Crippen molar-refractivity contribution < 1.29 is 4.79 Å². The molecule has 2 unspecified atom stereocenters. The van der Waals surface area contributed by atoms with Crippen LogP contribution in [0.4, 0.5) is 0 Å². The van der Waals surface area contributed by atoms with Crippen molar-refractivity contribution in [2.75, 3.05) is 31.9 Å². The molecule has 2 fully saturated rings. The Balaban J connectivity index is 1.27. The fourth-order valence-corrected chi connectivity index (χ4v) is 7.72. The largest absolute Gasteiger partial charge is 0.355 e. The maximum Gasteiger partial charge on any atom is 0.220 e. The highest BCUT2D eigenvalue weighted by Crippen LogP contribution is 2.49. The molecule has 1 aromatic carbocycles.